The highest BCUT2D eigenvalue weighted by atomic mass is 32.1. The van der Waals surface area contributed by atoms with E-state index in [1.54, 1.807) is 17.5 Å². The number of nitrogens with one attached hydrogen (secondary N) is 1. The number of carbonyl (C=O) groups excluding carboxylic acids is 1. The van der Waals surface area contributed by atoms with Crippen LogP contribution in [-0.4, -0.2) is 47.6 Å². The van der Waals surface area contributed by atoms with Gasteiger partial charge >= 0.3 is 0 Å². The first kappa shape index (κ1) is 16.4. The molecule has 1 aromatic heterocycles. The molecule has 1 saturated heterocycles. The van der Waals surface area contributed by atoms with E-state index in [9.17, 15) is 10.1 Å². The number of hydrogen-bond acceptors (Lipinski definition) is 6. The number of hydrogen-bond donors (Lipinski definition) is 1. The zero-order chi connectivity index (χ0) is 16.1. The van der Waals surface area contributed by atoms with E-state index in [0.29, 0.717) is 19.7 Å². The molecule has 1 unspecified atom stereocenters. The summed E-state index contributed by atoms with van der Waals surface area (Å²) in [6.07, 6.45) is 6.42. The van der Waals surface area contributed by atoms with Gasteiger partial charge < -0.3 is 10.1 Å². The Morgan fingerprint density at radius 2 is 2.35 bits per heavy atom. The molecule has 0 spiro atoms. The monoisotopic (exact) mass is 334 g/mol. The molecule has 2 heterocycles. The van der Waals surface area contributed by atoms with Gasteiger partial charge in [-0.05, 0) is 12.8 Å². The van der Waals surface area contributed by atoms with Gasteiger partial charge in [-0.2, -0.15) is 5.26 Å². The van der Waals surface area contributed by atoms with E-state index in [-0.39, 0.29) is 12.0 Å². The van der Waals surface area contributed by atoms with Crippen molar-refractivity contribution in [2.24, 2.45) is 0 Å². The summed E-state index contributed by atoms with van der Waals surface area (Å²) < 4.78 is 5.75. The van der Waals surface area contributed by atoms with Crippen LogP contribution >= 0.6 is 11.3 Å². The number of thiazole rings is 1. The topological polar surface area (TPSA) is 78.2 Å². The van der Waals surface area contributed by atoms with E-state index in [1.165, 1.54) is 0 Å². The van der Waals surface area contributed by atoms with Gasteiger partial charge in [-0.1, -0.05) is 19.3 Å². The summed E-state index contributed by atoms with van der Waals surface area (Å²) in [5.41, 5.74) is -0.656. The fourth-order valence-electron chi connectivity index (χ4n) is 3.32. The average Bonchev–Trinajstić information content (AvgIpc) is 3.10. The predicted octanol–water partition coefficient (Wildman–Crippen LogP) is 1.86. The van der Waals surface area contributed by atoms with Crippen molar-refractivity contribution in [3.8, 4) is 6.07 Å². The molecule has 2 fully saturated rings. The number of morpholine rings is 1. The molecular formula is C16H22N4O2S. The molecule has 1 atom stereocenters. The van der Waals surface area contributed by atoms with Crippen LogP contribution < -0.4 is 5.32 Å². The van der Waals surface area contributed by atoms with Crippen LogP contribution in [0.3, 0.4) is 0 Å². The van der Waals surface area contributed by atoms with Crippen LogP contribution in [0.5, 0.6) is 0 Å². The molecule has 3 rings (SSSR count). The summed E-state index contributed by atoms with van der Waals surface area (Å²) >= 11 is 1.58. The molecule has 23 heavy (non-hydrogen) atoms. The molecule has 1 aliphatic carbocycles. The SMILES string of the molecule is N#CC1(NC(=O)CN2CCOC(c3nccs3)C2)CCCCC1. The number of nitriles is 1. The second kappa shape index (κ2) is 7.39. The lowest BCUT2D eigenvalue weighted by Crippen LogP contribution is -2.52. The normalized spacial score (nSPS) is 24.7. The van der Waals surface area contributed by atoms with Crippen LogP contribution in [0.1, 0.15) is 43.2 Å². The Bertz CT molecular complexity index is 563. The van der Waals surface area contributed by atoms with Crippen LogP contribution in [0.25, 0.3) is 0 Å². The Hall–Kier alpha value is -1.49. The van der Waals surface area contributed by atoms with Crippen LogP contribution in [0, 0.1) is 11.3 Å². The zero-order valence-corrected chi connectivity index (χ0v) is 14.0. The highest BCUT2D eigenvalue weighted by molar-refractivity contribution is 7.09. The van der Waals surface area contributed by atoms with Crippen molar-refractivity contribution < 1.29 is 9.53 Å². The number of nitrogens with zero attached hydrogens (tertiary/aromatic N) is 3. The Morgan fingerprint density at radius 1 is 1.52 bits per heavy atom. The molecule has 6 nitrogen and oxygen atoms in total. The van der Waals surface area contributed by atoms with Gasteiger partial charge in [0.15, 0.2) is 0 Å². The van der Waals surface area contributed by atoms with Gasteiger partial charge in [0.2, 0.25) is 5.91 Å². The third-order valence-electron chi connectivity index (χ3n) is 4.54. The van der Waals surface area contributed by atoms with Crippen molar-refractivity contribution in [3.63, 3.8) is 0 Å². The van der Waals surface area contributed by atoms with Crippen molar-refractivity contribution >= 4 is 17.2 Å². The fourth-order valence-corrected chi connectivity index (χ4v) is 4.00. The lowest BCUT2D eigenvalue weighted by Gasteiger charge is -2.34. The third kappa shape index (κ3) is 4.08. The highest BCUT2D eigenvalue weighted by Crippen LogP contribution is 2.28. The number of aromatic nitrogens is 1. The molecule has 7 heteroatoms. The van der Waals surface area contributed by atoms with Gasteiger partial charge in [0.1, 0.15) is 16.7 Å². The largest absolute Gasteiger partial charge is 0.368 e. The summed E-state index contributed by atoms with van der Waals surface area (Å²) in [5, 5.41) is 15.3. The first-order valence-corrected chi connectivity index (χ1v) is 9.04. The maximum Gasteiger partial charge on any atom is 0.235 e. The minimum Gasteiger partial charge on any atom is -0.368 e. The van der Waals surface area contributed by atoms with Crippen molar-refractivity contribution in [1.82, 2.24) is 15.2 Å². The quantitative estimate of drug-likeness (QED) is 0.909. The van der Waals surface area contributed by atoms with Crippen LogP contribution in [0.15, 0.2) is 11.6 Å². The van der Waals surface area contributed by atoms with Crippen molar-refractivity contribution in [1.29, 1.82) is 5.26 Å². The molecule has 1 aromatic rings. The van der Waals surface area contributed by atoms with Crippen LogP contribution in [0.4, 0.5) is 0 Å². The predicted molar refractivity (Wildman–Crippen MR) is 86.8 cm³/mol. The van der Waals surface area contributed by atoms with E-state index in [1.807, 2.05) is 5.38 Å². The fraction of sp³-hybridized carbons (Fsp3) is 0.688. The minimum absolute atomic E-state index is 0.0591. The van der Waals surface area contributed by atoms with Gasteiger partial charge in [-0.15, -0.1) is 11.3 Å². The Labute approximate surface area is 140 Å². The first-order chi connectivity index (χ1) is 11.2. The molecular weight excluding hydrogens is 312 g/mol. The number of rotatable bonds is 4. The summed E-state index contributed by atoms with van der Waals surface area (Å²) in [4.78, 5) is 18.8. The maximum atomic E-state index is 12.4. The van der Waals surface area contributed by atoms with Gasteiger partial charge in [0.05, 0.1) is 19.2 Å². The summed E-state index contributed by atoms with van der Waals surface area (Å²) in [5.74, 6) is -0.0618. The molecule has 124 valence electrons. The van der Waals surface area contributed by atoms with Gasteiger partial charge in [-0.25, -0.2) is 4.98 Å². The second-order valence-electron chi connectivity index (χ2n) is 6.27. The molecule has 0 radical (unpaired) electrons. The smallest absolute Gasteiger partial charge is 0.235 e. The second-order valence-corrected chi connectivity index (χ2v) is 7.19. The third-order valence-corrected chi connectivity index (χ3v) is 5.41. The zero-order valence-electron chi connectivity index (χ0n) is 13.2. The van der Waals surface area contributed by atoms with Crippen molar-refractivity contribution in [2.45, 2.75) is 43.7 Å². The van der Waals surface area contributed by atoms with E-state index in [2.05, 4.69) is 21.3 Å². The molecule has 1 saturated carbocycles. The van der Waals surface area contributed by atoms with E-state index in [0.717, 1.165) is 43.7 Å². The van der Waals surface area contributed by atoms with Crippen molar-refractivity contribution in [3.05, 3.63) is 16.6 Å². The van der Waals surface area contributed by atoms with Crippen molar-refractivity contribution in [2.75, 3.05) is 26.2 Å². The van der Waals surface area contributed by atoms with E-state index < -0.39 is 5.54 Å². The van der Waals surface area contributed by atoms with E-state index in [4.69, 9.17) is 4.74 Å². The molecule has 2 aliphatic rings. The van der Waals surface area contributed by atoms with Crippen LogP contribution in [0.2, 0.25) is 0 Å². The first-order valence-electron chi connectivity index (χ1n) is 8.16. The number of carbonyl (C=O) groups is 1. The Morgan fingerprint density at radius 3 is 3.04 bits per heavy atom. The average molecular weight is 334 g/mol. The highest BCUT2D eigenvalue weighted by Gasteiger charge is 2.34. The van der Waals surface area contributed by atoms with Gasteiger partial charge in [0.25, 0.3) is 0 Å². The summed E-state index contributed by atoms with van der Waals surface area (Å²) in [6, 6.07) is 2.33. The Balaban J connectivity index is 1.54. The lowest BCUT2D eigenvalue weighted by atomic mass is 9.83. The molecule has 0 bridgehead atoms. The van der Waals surface area contributed by atoms with Crippen LogP contribution in [-0.2, 0) is 9.53 Å². The van der Waals surface area contributed by atoms with Gasteiger partial charge in [-0.3, -0.25) is 9.69 Å². The molecule has 0 aromatic carbocycles. The maximum absolute atomic E-state index is 12.4. The summed E-state index contributed by atoms with van der Waals surface area (Å²) in [6.45, 7) is 2.31. The minimum atomic E-state index is -0.656. The van der Waals surface area contributed by atoms with Gasteiger partial charge in [0, 0.05) is 24.7 Å². The standard InChI is InChI=1S/C16H22N4O2S/c17-12-16(4-2-1-3-5-16)19-14(21)11-20-7-8-22-13(10-20)15-18-6-9-23-15/h6,9,13H,1-5,7-8,10-11H2,(H,19,21). The molecule has 1 aliphatic heterocycles. The molecule has 1 amide bonds. The summed E-state index contributed by atoms with van der Waals surface area (Å²) in [7, 11) is 0. The molecule has 1 N–H and O–H groups in total. The van der Waals surface area contributed by atoms with E-state index >= 15 is 0 Å². The Kier molecular flexibility index (Phi) is 5.26. The lowest BCUT2D eigenvalue weighted by molar-refractivity contribution is -0.126. The number of ether oxygens (including phenoxy) is 1. The number of amides is 1.